The fraction of sp³-hybridized carbons (Fsp3) is 0.522. The molecule has 1 aliphatic heterocycles. The summed E-state index contributed by atoms with van der Waals surface area (Å²) in [5, 5.41) is 2.53. The lowest BCUT2D eigenvalue weighted by molar-refractivity contribution is -0.125. The third-order valence-corrected chi connectivity index (χ3v) is 5.77. The van der Waals surface area contributed by atoms with E-state index in [2.05, 4.69) is 75.1 Å². The standard InChI is InChI=1S/C23H31NO/c1-17(2)24-14-8-11-19(16-24)22(25)15-23(3,4)21-13-7-10-18-9-5-6-12-20(18)21/h5-7,9-10,12-13,17,19H,8,11,14-16H2,1-4H3/t19-/m0/s1. The predicted molar refractivity (Wildman–Crippen MR) is 106 cm³/mol. The van der Waals surface area contributed by atoms with Gasteiger partial charge in [-0.3, -0.25) is 4.79 Å². The first-order valence-corrected chi connectivity index (χ1v) is 9.63. The fourth-order valence-corrected chi connectivity index (χ4v) is 4.23. The summed E-state index contributed by atoms with van der Waals surface area (Å²) < 4.78 is 0. The van der Waals surface area contributed by atoms with E-state index in [0.717, 1.165) is 25.9 Å². The van der Waals surface area contributed by atoms with E-state index >= 15 is 0 Å². The van der Waals surface area contributed by atoms with Gasteiger partial charge in [0, 0.05) is 24.9 Å². The number of ketones is 1. The van der Waals surface area contributed by atoms with E-state index in [4.69, 9.17) is 0 Å². The highest BCUT2D eigenvalue weighted by Crippen LogP contribution is 2.35. The van der Waals surface area contributed by atoms with E-state index in [1.54, 1.807) is 0 Å². The first-order valence-electron chi connectivity index (χ1n) is 9.63. The van der Waals surface area contributed by atoms with E-state index in [-0.39, 0.29) is 11.3 Å². The molecule has 3 rings (SSSR count). The summed E-state index contributed by atoms with van der Waals surface area (Å²) in [6.45, 7) is 11.0. The van der Waals surface area contributed by atoms with Crippen LogP contribution in [-0.4, -0.2) is 29.8 Å². The topological polar surface area (TPSA) is 20.3 Å². The number of likely N-dealkylation sites (tertiary alicyclic amines) is 1. The molecule has 134 valence electrons. The Labute approximate surface area is 152 Å². The maximum atomic E-state index is 13.1. The molecule has 1 atom stereocenters. The van der Waals surface area contributed by atoms with Crippen molar-refractivity contribution in [2.45, 2.75) is 58.4 Å². The number of hydrogen-bond donors (Lipinski definition) is 0. The van der Waals surface area contributed by atoms with Crippen LogP contribution in [0.3, 0.4) is 0 Å². The Morgan fingerprint density at radius 3 is 2.64 bits per heavy atom. The van der Waals surface area contributed by atoms with Gasteiger partial charge in [-0.2, -0.15) is 0 Å². The van der Waals surface area contributed by atoms with Gasteiger partial charge in [0.2, 0.25) is 0 Å². The van der Waals surface area contributed by atoms with E-state index < -0.39 is 0 Å². The van der Waals surface area contributed by atoms with Crippen LogP contribution in [0.15, 0.2) is 42.5 Å². The van der Waals surface area contributed by atoms with Crippen LogP contribution in [0.1, 0.15) is 52.5 Å². The second kappa shape index (κ2) is 7.29. The number of nitrogens with zero attached hydrogens (tertiary/aromatic N) is 1. The summed E-state index contributed by atoms with van der Waals surface area (Å²) in [5.41, 5.74) is 1.15. The third-order valence-electron chi connectivity index (χ3n) is 5.77. The zero-order valence-electron chi connectivity index (χ0n) is 16.1. The highest BCUT2D eigenvalue weighted by atomic mass is 16.1. The van der Waals surface area contributed by atoms with Gasteiger partial charge in [-0.05, 0) is 55.0 Å². The average molecular weight is 338 g/mol. The lowest BCUT2D eigenvalue weighted by Gasteiger charge is -2.36. The van der Waals surface area contributed by atoms with Gasteiger partial charge in [-0.15, -0.1) is 0 Å². The van der Waals surface area contributed by atoms with Gasteiger partial charge >= 0.3 is 0 Å². The number of hydrogen-bond acceptors (Lipinski definition) is 2. The highest BCUT2D eigenvalue weighted by molar-refractivity contribution is 5.88. The molecule has 0 unspecified atom stereocenters. The van der Waals surface area contributed by atoms with Crippen molar-refractivity contribution in [2.75, 3.05) is 13.1 Å². The minimum atomic E-state index is -0.141. The molecule has 2 nitrogen and oxygen atoms in total. The molecule has 2 heteroatoms. The molecule has 0 radical (unpaired) electrons. The Morgan fingerprint density at radius 2 is 1.88 bits per heavy atom. The van der Waals surface area contributed by atoms with Crippen molar-refractivity contribution in [2.24, 2.45) is 5.92 Å². The zero-order chi connectivity index (χ0) is 18.0. The number of carbonyl (C=O) groups is 1. The molecule has 1 fully saturated rings. The van der Waals surface area contributed by atoms with Crippen molar-refractivity contribution >= 4 is 16.6 Å². The summed E-state index contributed by atoms with van der Waals surface area (Å²) in [7, 11) is 0. The molecule has 1 aliphatic rings. The molecule has 2 aromatic carbocycles. The molecule has 0 bridgehead atoms. The lowest BCUT2D eigenvalue weighted by atomic mass is 9.75. The van der Waals surface area contributed by atoms with Crippen LogP contribution in [0.25, 0.3) is 10.8 Å². The van der Waals surface area contributed by atoms with Crippen LogP contribution in [0.2, 0.25) is 0 Å². The van der Waals surface area contributed by atoms with E-state index in [1.165, 1.54) is 16.3 Å². The number of fused-ring (bicyclic) bond motifs is 1. The third kappa shape index (κ3) is 3.95. The Balaban J connectivity index is 1.79. The Bertz CT molecular complexity index is 741. The fourth-order valence-electron chi connectivity index (χ4n) is 4.23. The minimum absolute atomic E-state index is 0.141. The monoisotopic (exact) mass is 337 g/mol. The number of benzene rings is 2. The smallest absolute Gasteiger partial charge is 0.138 e. The number of Topliss-reactive ketones (excluding diaryl/α,β-unsaturated/α-hetero) is 1. The van der Waals surface area contributed by atoms with Crippen molar-refractivity contribution < 1.29 is 4.79 Å². The van der Waals surface area contributed by atoms with Gasteiger partial charge in [-0.1, -0.05) is 56.3 Å². The predicted octanol–water partition coefficient (Wildman–Crippen LogP) is 5.20. The number of piperidine rings is 1. The molecule has 1 saturated heterocycles. The first-order chi connectivity index (χ1) is 11.9. The van der Waals surface area contributed by atoms with Gasteiger partial charge in [-0.25, -0.2) is 0 Å². The van der Waals surface area contributed by atoms with Crippen molar-refractivity contribution in [1.29, 1.82) is 0 Å². The molecule has 0 N–H and O–H groups in total. The molecule has 25 heavy (non-hydrogen) atoms. The van der Waals surface area contributed by atoms with Crippen LogP contribution >= 0.6 is 0 Å². The van der Waals surface area contributed by atoms with Gasteiger partial charge in [0.1, 0.15) is 5.78 Å². The Kier molecular flexibility index (Phi) is 5.29. The van der Waals surface area contributed by atoms with Crippen LogP contribution in [0.4, 0.5) is 0 Å². The lowest BCUT2D eigenvalue weighted by Crippen LogP contribution is -2.43. The highest BCUT2D eigenvalue weighted by Gasteiger charge is 2.32. The molecular formula is C23H31NO. The van der Waals surface area contributed by atoms with Crippen LogP contribution < -0.4 is 0 Å². The Hall–Kier alpha value is -1.67. The van der Waals surface area contributed by atoms with E-state index in [9.17, 15) is 4.79 Å². The molecule has 0 spiro atoms. The van der Waals surface area contributed by atoms with Crippen LogP contribution in [0.5, 0.6) is 0 Å². The van der Waals surface area contributed by atoms with Gasteiger partial charge < -0.3 is 4.90 Å². The van der Waals surface area contributed by atoms with E-state index in [0.29, 0.717) is 18.2 Å². The average Bonchev–Trinajstić information content (AvgIpc) is 2.61. The van der Waals surface area contributed by atoms with Crippen molar-refractivity contribution in [3.05, 3.63) is 48.0 Å². The van der Waals surface area contributed by atoms with Crippen molar-refractivity contribution in [3.63, 3.8) is 0 Å². The molecule has 0 aliphatic carbocycles. The zero-order valence-corrected chi connectivity index (χ0v) is 16.1. The summed E-state index contributed by atoms with van der Waals surface area (Å²) in [6, 6.07) is 15.5. The first kappa shape index (κ1) is 18.1. The molecule has 1 heterocycles. The van der Waals surface area contributed by atoms with Crippen molar-refractivity contribution in [1.82, 2.24) is 4.90 Å². The summed E-state index contributed by atoms with van der Waals surface area (Å²) in [5.74, 6) is 0.633. The summed E-state index contributed by atoms with van der Waals surface area (Å²) in [4.78, 5) is 15.5. The Morgan fingerprint density at radius 1 is 1.16 bits per heavy atom. The SMILES string of the molecule is CC(C)N1CCC[C@H](C(=O)CC(C)(C)c2cccc3ccccc23)C1. The molecule has 2 aromatic rings. The largest absolute Gasteiger partial charge is 0.300 e. The molecule has 0 amide bonds. The normalized spacial score (nSPS) is 19.5. The van der Waals surface area contributed by atoms with Crippen molar-refractivity contribution in [3.8, 4) is 0 Å². The van der Waals surface area contributed by atoms with Gasteiger partial charge in [0.15, 0.2) is 0 Å². The second-order valence-corrected chi connectivity index (χ2v) is 8.48. The summed E-state index contributed by atoms with van der Waals surface area (Å²) >= 11 is 0. The van der Waals surface area contributed by atoms with Gasteiger partial charge in [0.05, 0.1) is 0 Å². The molecule has 0 aromatic heterocycles. The van der Waals surface area contributed by atoms with Crippen LogP contribution in [-0.2, 0) is 10.2 Å². The molecular weight excluding hydrogens is 306 g/mol. The van der Waals surface area contributed by atoms with Gasteiger partial charge in [0.25, 0.3) is 0 Å². The molecule has 0 saturated carbocycles. The quantitative estimate of drug-likeness (QED) is 0.747. The second-order valence-electron chi connectivity index (χ2n) is 8.48. The van der Waals surface area contributed by atoms with E-state index in [1.807, 2.05) is 0 Å². The number of rotatable bonds is 5. The number of carbonyl (C=O) groups excluding carboxylic acids is 1. The minimum Gasteiger partial charge on any atom is -0.300 e. The summed E-state index contributed by atoms with van der Waals surface area (Å²) in [6.07, 6.45) is 2.81. The van der Waals surface area contributed by atoms with Crippen LogP contribution in [0, 0.1) is 5.92 Å². The maximum Gasteiger partial charge on any atom is 0.138 e. The maximum absolute atomic E-state index is 13.1.